The van der Waals surface area contributed by atoms with Crippen molar-refractivity contribution in [3.05, 3.63) is 54.6 Å². The molecule has 0 unspecified atom stereocenters. The van der Waals surface area contributed by atoms with E-state index >= 15 is 0 Å². The van der Waals surface area contributed by atoms with Crippen molar-refractivity contribution in [2.75, 3.05) is 29.0 Å². The summed E-state index contributed by atoms with van der Waals surface area (Å²) in [4.78, 5) is 13.1. The molecule has 1 N–H and O–H groups in total. The van der Waals surface area contributed by atoms with Crippen LogP contribution in [-0.4, -0.2) is 52.4 Å². The lowest BCUT2D eigenvalue weighted by molar-refractivity contribution is -0.117. The number of carbonyl (C=O) groups is 1. The second-order valence-corrected chi connectivity index (χ2v) is 10.7. The fourth-order valence-electron chi connectivity index (χ4n) is 3.28. The normalized spacial score (nSPS) is 13.1. The number of anilines is 2. The van der Waals surface area contributed by atoms with E-state index in [9.17, 15) is 21.6 Å². The molecule has 10 heteroatoms. The molecule has 0 radical (unpaired) electrons. The number of amides is 1. The molecular weight excluding hydrogens is 438 g/mol. The van der Waals surface area contributed by atoms with Crippen molar-refractivity contribution < 1.29 is 21.6 Å². The average molecular weight is 468 g/mol. The van der Waals surface area contributed by atoms with Gasteiger partial charge < -0.3 is 5.32 Å². The van der Waals surface area contributed by atoms with Gasteiger partial charge in [0.1, 0.15) is 6.04 Å². The van der Waals surface area contributed by atoms with E-state index in [0.29, 0.717) is 24.5 Å². The van der Waals surface area contributed by atoms with Crippen LogP contribution >= 0.6 is 0 Å². The molecule has 0 spiro atoms. The van der Waals surface area contributed by atoms with E-state index in [2.05, 4.69) is 5.32 Å². The van der Waals surface area contributed by atoms with Crippen LogP contribution < -0.4 is 9.62 Å². The minimum atomic E-state index is -3.72. The van der Waals surface area contributed by atoms with E-state index in [1.807, 2.05) is 0 Å². The molecule has 0 aliphatic carbocycles. The third-order valence-corrected chi connectivity index (χ3v) is 8.05. The number of rotatable bonds is 10. The Balaban J connectivity index is 2.28. The third-order valence-electron chi connectivity index (χ3n) is 4.81. The first-order valence-corrected chi connectivity index (χ1v) is 13.3. The van der Waals surface area contributed by atoms with Crippen LogP contribution in [0, 0.1) is 0 Å². The van der Waals surface area contributed by atoms with Gasteiger partial charge in [-0.25, -0.2) is 16.8 Å². The summed E-state index contributed by atoms with van der Waals surface area (Å²) in [5.74, 6) is -0.504. The lowest BCUT2D eigenvalue weighted by atomic mass is 10.2. The summed E-state index contributed by atoms with van der Waals surface area (Å²) in [5, 5.41) is 2.70. The Bertz CT molecular complexity index is 1080. The zero-order chi connectivity index (χ0) is 23.2. The number of nitrogens with one attached hydrogen (secondary N) is 1. The number of hydrogen-bond acceptors (Lipinski definition) is 5. The molecule has 2 aromatic carbocycles. The molecule has 0 fully saturated rings. The van der Waals surface area contributed by atoms with Gasteiger partial charge in [0.05, 0.1) is 16.8 Å². The number of para-hydroxylation sites is 1. The Kier molecular flexibility index (Phi) is 8.21. The largest absolute Gasteiger partial charge is 0.324 e. The summed E-state index contributed by atoms with van der Waals surface area (Å²) < 4.78 is 52.5. The number of nitrogens with zero attached hydrogens (tertiary/aromatic N) is 2. The van der Waals surface area contributed by atoms with Crippen LogP contribution in [0.15, 0.2) is 59.5 Å². The SMILES string of the molecule is CC[C@H](C(=O)Nc1ccc(S(=O)(=O)N(CC)CC)cc1)N(c1ccccc1)S(C)(=O)=O. The Hall–Kier alpha value is -2.43. The first kappa shape index (κ1) is 24.8. The van der Waals surface area contributed by atoms with Crippen molar-refractivity contribution in [3.8, 4) is 0 Å². The average Bonchev–Trinajstić information content (AvgIpc) is 2.72. The molecule has 0 heterocycles. The highest BCUT2D eigenvalue weighted by molar-refractivity contribution is 7.92. The third kappa shape index (κ3) is 5.84. The molecule has 8 nitrogen and oxygen atoms in total. The van der Waals surface area contributed by atoms with E-state index in [-0.39, 0.29) is 11.3 Å². The topological polar surface area (TPSA) is 104 Å². The number of benzene rings is 2. The molecule has 0 aliphatic heterocycles. The van der Waals surface area contributed by atoms with Gasteiger partial charge in [-0.1, -0.05) is 39.0 Å². The molecule has 2 rings (SSSR count). The van der Waals surface area contributed by atoms with Gasteiger partial charge in [-0.05, 0) is 42.8 Å². The molecule has 1 atom stereocenters. The van der Waals surface area contributed by atoms with Crippen LogP contribution in [0.3, 0.4) is 0 Å². The first-order valence-electron chi connectivity index (χ1n) is 10.0. The minimum absolute atomic E-state index is 0.128. The van der Waals surface area contributed by atoms with Crippen molar-refractivity contribution in [3.63, 3.8) is 0 Å². The molecule has 170 valence electrons. The summed E-state index contributed by atoms with van der Waals surface area (Å²) in [7, 11) is -7.32. The van der Waals surface area contributed by atoms with Gasteiger partial charge in [-0.2, -0.15) is 4.31 Å². The van der Waals surface area contributed by atoms with Crippen molar-refractivity contribution in [1.82, 2.24) is 4.31 Å². The van der Waals surface area contributed by atoms with Gasteiger partial charge in [-0.3, -0.25) is 9.10 Å². The predicted molar refractivity (Wildman–Crippen MR) is 123 cm³/mol. The van der Waals surface area contributed by atoms with E-state index in [0.717, 1.165) is 10.6 Å². The fourth-order valence-corrected chi connectivity index (χ4v) is 5.95. The summed E-state index contributed by atoms with van der Waals surface area (Å²) in [5.41, 5.74) is 0.774. The second kappa shape index (κ2) is 10.3. The van der Waals surface area contributed by atoms with E-state index < -0.39 is 32.0 Å². The summed E-state index contributed by atoms with van der Waals surface area (Å²) in [6, 6.07) is 13.3. The van der Waals surface area contributed by atoms with Gasteiger partial charge >= 0.3 is 0 Å². The van der Waals surface area contributed by atoms with Crippen molar-refractivity contribution in [2.45, 2.75) is 38.1 Å². The monoisotopic (exact) mass is 467 g/mol. The lowest BCUT2D eigenvalue weighted by Gasteiger charge is -2.30. The zero-order valence-electron chi connectivity index (χ0n) is 18.1. The highest BCUT2D eigenvalue weighted by Gasteiger charge is 2.31. The summed E-state index contributed by atoms with van der Waals surface area (Å²) in [6.45, 7) is 5.97. The second-order valence-electron chi connectivity index (χ2n) is 6.92. The first-order chi connectivity index (χ1) is 14.6. The number of carbonyl (C=O) groups excluding carboxylic acids is 1. The Morgan fingerprint density at radius 2 is 1.45 bits per heavy atom. The summed E-state index contributed by atoms with van der Waals surface area (Å²) in [6.07, 6.45) is 1.31. The molecule has 0 saturated carbocycles. The van der Waals surface area contributed by atoms with Crippen LogP contribution in [0.5, 0.6) is 0 Å². The van der Waals surface area contributed by atoms with Crippen LogP contribution in [0.4, 0.5) is 11.4 Å². The standard InChI is InChI=1S/C21H29N3O5S2/c1-5-20(24(30(4,26)27)18-11-9-8-10-12-18)21(25)22-17-13-15-19(16-14-17)31(28,29)23(6-2)7-3/h8-16,20H,5-7H2,1-4H3,(H,22,25)/t20-/m1/s1. The van der Waals surface area contributed by atoms with Crippen molar-refractivity contribution in [2.24, 2.45) is 0 Å². The fraction of sp³-hybridized carbons (Fsp3) is 0.381. The molecule has 1 amide bonds. The smallest absolute Gasteiger partial charge is 0.248 e. The van der Waals surface area contributed by atoms with E-state index in [4.69, 9.17) is 0 Å². The molecule has 0 bridgehead atoms. The van der Waals surface area contributed by atoms with Crippen LogP contribution in [0.1, 0.15) is 27.2 Å². The summed E-state index contributed by atoms with van der Waals surface area (Å²) >= 11 is 0. The molecule has 0 saturated heterocycles. The number of hydrogen-bond donors (Lipinski definition) is 1. The van der Waals surface area contributed by atoms with Crippen molar-refractivity contribution >= 4 is 37.3 Å². The maximum Gasteiger partial charge on any atom is 0.248 e. The van der Waals surface area contributed by atoms with Gasteiger partial charge in [0.15, 0.2) is 0 Å². The maximum atomic E-state index is 12.9. The highest BCUT2D eigenvalue weighted by atomic mass is 32.2. The maximum absolute atomic E-state index is 12.9. The Labute approximate surface area is 185 Å². The van der Waals surface area contributed by atoms with Crippen LogP contribution in [0.25, 0.3) is 0 Å². The highest BCUT2D eigenvalue weighted by Crippen LogP contribution is 2.24. The van der Waals surface area contributed by atoms with E-state index in [1.54, 1.807) is 51.1 Å². The van der Waals surface area contributed by atoms with Crippen LogP contribution in [0.2, 0.25) is 0 Å². The van der Waals surface area contributed by atoms with Gasteiger partial charge in [-0.15, -0.1) is 0 Å². The Morgan fingerprint density at radius 1 is 0.903 bits per heavy atom. The molecule has 31 heavy (non-hydrogen) atoms. The Morgan fingerprint density at radius 3 is 1.90 bits per heavy atom. The number of sulfonamides is 2. The zero-order valence-corrected chi connectivity index (χ0v) is 19.8. The van der Waals surface area contributed by atoms with E-state index in [1.165, 1.54) is 28.6 Å². The molecule has 0 aromatic heterocycles. The van der Waals surface area contributed by atoms with Crippen LogP contribution in [-0.2, 0) is 24.8 Å². The van der Waals surface area contributed by atoms with Gasteiger partial charge in [0.25, 0.3) is 0 Å². The quantitative estimate of drug-likeness (QED) is 0.579. The molecular formula is C21H29N3O5S2. The van der Waals surface area contributed by atoms with Gasteiger partial charge in [0.2, 0.25) is 26.0 Å². The molecule has 2 aromatic rings. The minimum Gasteiger partial charge on any atom is -0.324 e. The lowest BCUT2D eigenvalue weighted by Crippen LogP contribution is -2.46. The van der Waals surface area contributed by atoms with Gasteiger partial charge in [0, 0.05) is 18.8 Å². The molecule has 0 aliphatic rings. The predicted octanol–water partition coefficient (Wildman–Crippen LogP) is 2.90. The van der Waals surface area contributed by atoms with Crippen molar-refractivity contribution in [1.29, 1.82) is 0 Å².